The molecule has 25 heavy (non-hydrogen) atoms. The molecular formula is C19H20N4O2. The summed E-state index contributed by atoms with van der Waals surface area (Å²) in [6.45, 7) is 4.50. The van der Waals surface area contributed by atoms with Crippen molar-refractivity contribution in [1.29, 1.82) is 0 Å². The Hall–Kier alpha value is -2.89. The van der Waals surface area contributed by atoms with Gasteiger partial charge in [-0.25, -0.2) is 9.89 Å². The van der Waals surface area contributed by atoms with Gasteiger partial charge in [-0.2, -0.15) is 4.68 Å². The smallest absolute Gasteiger partial charge is 0.365 e. The number of hydrogen-bond donors (Lipinski definition) is 1. The van der Waals surface area contributed by atoms with Crippen molar-refractivity contribution >= 4 is 0 Å². The molecular weight excluding hydrogens is 316 g/mol. The van der Waals surface area contributed by atoms with Crippen LogP contribution in [0.15, 0.2) is 41.2 Å². The number of hydrogen-bond acceptors (Lipinski definition) is 4. The quantitative estimate of drug-likeness (QED) is 0.777. The number of rotatable bonds is 5. The number of nitrogens with zero attached hydrogens (tertiary/aromatic N) is 3. The van der Waals surface area contributed by atoms with Crippen LogP contribution in [0, 0.1) is 13.8 Å². The molecule has 0 spiro atoms. The predicted molar refractivity (Wildman–Crippen MR) is 94.2 cm³/mol. The molecule has 1 heterocycles. The Labute approximate surface area is 145 Å². The largest absolute Gasteiger partial charge is 0.489 e. The summed E-state index contributed by atoms with van der Waals surface area (Å²) in [6.07, 6.45) is 2.35. The minimum Gasteiger partial charge on any atom is -0.489 e. The van der Waals surface area contributed by atoms with Crippen LogP contribution in [0.3, 0.4) is 0 Å². The van der Waals surface area contributed by atoms with E-state index in [1.165, 1.54) is 28.7 Å². The van der Waals surface area contributed by atoms with Gasteiger partial charge in [0, 0.05) is 5.56 Å². The van der Waals surface area contributed by atoms with Crippen LogP contribution in [-0.4, -0.2) is 20.2 Å². The number of aromatic amines is 1. The molecule has 6 nitrogen and oxygen atoms in total. The highest BCUT2D eigenvalue weighted by Crippen LogP contribution is 2.43. The topological polar surface area (TPSA) is 72.8 Å². The fraction of sp³-hybridized carbons (Fsp3) is 0.316. The van der Waals surface area contributed by atoms with Gasteiger partial charge >= 0.3 is 5.69 Å². The Balaban J connectivity index is 1.72. The molecule has 0 atom stereocenters. The maximum Gasteiger partial charge on any atom is 0.365 e. The van der Waals surface area contributed by atoms with E-state index in [2.05, 4.69) is 34.6 Å². The molecule has 1 aromatic heterocycles. The summed E-state index contributed by atoms with van der Waals surface area (Å²) in [4.78, 5) is 12.0. The Morgan fingerprint density at radius 1 is 1.24 bits per heavy atom. The van der Waals surface area contributed by atoms with Gasteiger partial charge in [-0.15, -0.1) is 0 Å². The lowest BCUT2D eigenvalue weighted by Crippen LogP contribution is -2.19. The number of H-pyrrole nitrogens is 1. The van der Waals surface area contributed by atoms with Crippen molar-refractivity contribution in [2.24, 2.45) is 0 Å². The van der Waals surface area contributed by atoms with Crippen molar-refractivity contribution in [3.8, 4) is 11.4 Å². The first-order valence-corrected chi connectivity index (χ1v) is 8.46. The van der Waals surface area contributed by atoms with Gasteiger partial charge in [0.1, 0.15) is 12.4 Å². The van der Waals surface area contributed by atoms with Crippen LogP contribution in [-0.2, 0) is 6.61 Å². The highest BCUT2D eigenvalue weighted by atomic mass is 16.5. The molecule has 1 aliphatic carbocycles. The van der Waals surface area contributed by atoms with E-state index in [0.29, 0.717) is 12.5 Å². The predicted octanol–water partition coefficient (Wildman–Crippen LogP) is 3.03. The third-order valence-corrected chi connectivity index (χ3v) is 4.61. The van der Waals surface area contributed by atoms with Gasteiger partial charge < -0.3 is 4.74 Å². The molecule has 0 unspecified atom stereocenters. The minimum absolute atomic E-state index is 0.347. The molecule has 0 radical (unpaired) electrons. The van der Waals surface area contributed by atoms with Crippen molar-refractivity contribution in [3.63, 3.8) is 0 Å². The zero-order valence-corrected chi connectivity index (χ0v) is 14.3. The summed E-state index contributed by atoms with van der Waals surface area (Å²) >= 11 is 0. The maximum atomic E-state index is 12.0. The molecule has 0 aliphatic heterocycles. The summed E-state index contributed by atoms with van der Waals surface area (Å²) in [5.41, 5.74) is 4.92. The number of benzene rings is 2. The van der Waals surface area contributed by atoms with Crippen LogP contribution in [0.2, 0.25) is 0 Å². The first-order valence-electron chi connectivity index (χ1n) is 8.46. The molecule has 1 aliphatic rings. The van der Waals surface area contributed by atoms with Crippen LogP contribution in [0.1, 0.15) is 41.0 Å². The van der Waals surface area contributed by atoms with Crippen LogP contribution in [0.25, 0.3) is 5.69 Å². The lowest BCUT2D eigenvalue weighted by atomic mass is 10.0. The first kappa shape index (κ1) is 15.6. The zero-order chi connectivity index (χ0) is 17.4. The van der Waals surface area contributed by atoms with Crippen LogP contribution in [0.5, 0.6) is 5.75 Å². The normalized spacial score (nSPS) is 13.8. The second kappa shape index (κ2) is 6.20. The molecule has 1 saturated carbocycles. The lowest BCUT2D eigenvalue weighted by Gasteiger charge is -2.16. The molecule has 1 fully saturated rings. The fourth-order valence-corrected chi connectivity index (χ4v) is 3.19. The Morgan fingerprint density at radius 2 is 2.08 bits per heavy atom. The number of tetrazole rings is 1. The van der Waals surface area contributed by atoms with Gasteiger partial charge in [-0.3, -0.25) is 0 Å². The van der Waals surface area contributed by atoms with Crippen LogP contribution >= 0.6 is 0 Å². The van der Waals surface area contributed by atoms with Gasteiger partial charge in [-0.05, 0) is 66.3 Å². The number of ether oxygens (including phenoxy) is 1. The summed E-state index contributed by atoms with van der Waals surface area (Å²) in [5.74, 6) is 1.40. The number of aromatic nitrogens is 4. The standard InChI is InChI=1S/C19H20N4O2/c1-12-6-9-18(13(2)10-12)25-11-16-15(14-7-8-14)4-3-5-17(16)23-19(24)20-21-22-23/h3-6,9-10,14H,7-8,11H2,1-2H3,(H,20,22,24). The van der Waals surface area contributed by atoms with E-state index in [0.717, 1.165) is 22.6 Å². The molecule has 3 aromatic rings. The second-order valence-electron chi connectivity index (χ2n) is 6.60. The van der Waals surface area contributed by atoms with Gasteiger partial charge in [0.25, 0.3) is 0 Å². The Kier molecular flexibility index (Phi) is 3.87. The van der Waals surface area contributed by atoms with Gasteiger partial charge in [0.2, 0.25) is 0 Å². The average Bonchev–Trinajstić information content (AvgIpc) is 3.35. The maximum absolute atomic E-state index is 12.0. The van der Waals surface area contributed by atoms with Crippen molar-refractivity contribution < 1.29 is 4.74 Å². The third kappa shape index (κ3) is 3.07. The molecule has 2 aromatic carbocycles. The zero-order valence-electron chi connectivity index (χ0n) is 14.3. The Bertz CT molecular complexity index is 970. The van der Waals surface area contributed by atoms with E-state index in [-0.39, 0.29) is 5.69 Å². The van der Waals surface area contributed by atoms with E-state index in [4.69, 9.17) is 4.74 Å². The Morgan fingerprint density at radius 3 is 2.76 bits per heavy atom. The highest BCUT2D eigenvalue weighted by Gasteiger charge is 2.28. The van der Waals surface area contributed by atoms with E-state index in [9.17, 15) is 4.79 Å². The summed E-state index contributed by atoms with van der Waals surface area (Å²) in [6, 6.07) is 12.1. The van der Waals surface area contributed by atoms with Crippen molar-refractivity contribution in [3.05, 3.63) is 69.1 Å². The van der Waals surface area contributed by atoms with Gasteiger partial charge in [0.05, 0.1) is 5.69 Å². The SMILES string of the molecule is Cc1ccc(OCc2c(C3CC3)cccc2-n2nn[nH]c2=O)c(C)c1. The molecule has 4 rings (SSSR count). The van der Waals surface area contributed by atoms with Gasteiger partial charge in [-0.1, -0.05) is 29.8 Å². The third-order valence-electron chi connectivity index (χ3n) is 4.61. The van der Waals surface area contributed by atoms with Crippen LogP contribution in [0.4, 0.5) is 0 Å². The molecule has 128 valence electrons. The monoisotopic (exact) mass is 336 g/mol. The van der Waals surface area contributed by atoms with Gasteiger partial charge in [0.15, 0.2) is 0 Å². The fourth-order valence-electron chi connectivity index (χ4n) is 3.19. The lowest BCUT2D eigenvalue weighted by molar-refractivity contribution is 0.302. The highest BCUT2D eigenvalue weighted by molar-refractivity contribution is 5.48. The first-order chi connectivity index (χ1) is 12.1. The van der Waals surface area contributed by atoms with Crippen LogP contribution < -0.4 is 10.4 Å². The second-order valence-corrected chi connectivity index (χ2v) is 6.60. The van der Waals surface area contributed by atoms with E-state index in [1.54, 1.807) is 0 Å². The summed E-state index contributed by atoms with van der Waals surface area (Å²) in [5, 5.41) is 9.85. The number of aryl methyl sites for hydroxylation is 2. The van der Waals surface area contributed by atoms with E-state index >= 15 is 0 Å². The van der Waals surface area contributed by atoms with Crippen molar-refractivity contribution in [2.45, 2.75) is 39.2 Å². The van der Waals surface area contributed by atoms with E-state index in [1.807, 2.05) is 31.2 Å². The minimum atomic E-state index is -0.347. The van der Waals surface area contributed by atoms with E-state index < -0.39 is 0 Å². The molecule has 0 bridgehead atoms. The van der Waals surface area contributed by atoms with Crippen molar-refractivity contribution in [1.82, 2.24) is 20.2 Å². The molecule has 1 N–H and O–H groups in total. The number of nitrogens with one attached hydrogen (secondary N) is 1. The molecule has 0 amide bonds. The molecule has 6 heteroatoms. The summed E-state index contributed by atoms with van der Waals surface area (Å²) in [7, 11) is 0. The summed E-state index contributed by atoms with van der Waals surface area (Å²) < 4.78 is 7.40. The van der Waals surface area contributed by atoms with Crippen molar-refractivity contribution in [2.75, 3.05) is 0 Å². The average molecular weight is 336 g/mol. The molecule has 0 saturated heterocycles.